The molecule has 2 N–H and O–H groups in total. The van der Waals surface area contributed by atoms with Gasteiger partial charge >= 0.3 is 5.69 Å². The number of aromatic hydroxyl groups is 1. The lowest BCUT2D eigenvalue weighted by Crippen LogP contribution is -2.36. The van der Waals surface area contributed by atoms with Crippen molar-refractivity contribution in [3.8, 4) is 5.88 Å². The van der Waals surface area contributed by atoms with E-state index in [-0.39, 0.29) is 41.8 Å². The first-order valence-corrected chi connectivity index (χ1v) is 11.0. The highest BCUT2D eigenvalue weighted by atomic mass is 16.6. The fourth-order valence-corrected chi connectivity index (χ4v) is 4.63. The summed E-state index contributed by atoms with van der Waals surface area (Å²) in [6.07, 6.45) is 4.50. The van der Waals surface area contributed by atoms with Gasteiger partial charge in [0.2, 0.25) is 11.8 Å². The number of hydrogen-bond donors (Lipinski definition) is 2. The van der Waals surface area contributed by atoms with E-state index >= 15 is 0 Å². The number of hydrazone groups is 1. The Morgan fingerprint density at radius 2 is 2.00 bits per heavy atom. The van der Waals surface area contributed by atoms with E-state index in [1.807, 2.05) is 0 Å². The minimum Gasteiger partial charge on any atom is -0.494 e. The molecule has 2 heterocycles. The maximum Gasteiger partial charge on any atom is 0.331 e. The largest absolute Gasteiger partial charge is 0.494 e. The summed E-state index contributed by atoms with van der Waals surface area (Å²) in [6, 6.07) is 4.98. The van der Waals surface area contributed by atoms with Crippen LogP contribution in [0.5, 0.6) is 5.88 Å². The van der Waals surface area contributed by atoms with Gasteiger partial charge in [0, 0.05) is 31.0 Å². The van der Waals surface area contributed by atoms with Crippen LogP contribution in [0.25, 0.3) is 0 Å². The summed E-state index contributed by atoms with van der Waals surface area (Å²) in [5.74, 6) is -0.795. The molecule has 2 aliphatic rings. The quantitative estimate of drug-likeness (QED) is 0.522. The van der Waals surface area contributed by atoms with Gasteiger partial charge < -0.3 is 5.11 Å². The number of carbonyl (C=O) groups excluding carboxylic acids is 1. The molecule has 1 aromatic carbocycles. The summed E-state index contributed by atoms with van der Waals surface area (Å²) in [6.45, 7) is 1.66. The van der Waals surface area contributed by atoms with Crippen molar-refractivity contribution < 1.29 is 14.8 Å². The lowest BCUT2D eigenvalue weighted by molar-refractivity contribution is -0.384. The number of nitrogens with zero attached hydrogens (tertiary/aromatic N) is 4. The number of carbonyl (C=O) groups is 1. The summed E-state index contributed by atoms with van der Waals surface area (Å²) in [5.41, 5.74) is -1.10. The second-order valence-electron chi connectivity index (χ2n) is 8.33. The first kappa shape index (κ1) is 22.4. The van der Waals surface area contributed by atoms with Crippen LogP contribution in [-0.2, 0) is 4.79 Å². The van der Waals surface area contributed by atoms with Crippen LogP contribution in [0.2, 0.25) is 0 Å². The lowest BCUT2D eigenvalue weighted by atomic mass is 9.95. The van der Waals surface area contributed by atoms with Crippen molar-refractivity contribution in [2.24, 2.45) is 5.10 Å². The third-order valence-electron chi connectivity index (χ3n) is 6.28. The van der Waals surface area contributed by atoms with E-state index in [9.17, 15) is 29.6 Å². The Balaban J connectivity index is 1.79. The van der Waals surface area contributed by atoms with Crippen LogP contribution in [0.3, 0.4) is 0 Å². The van der Waals surface area contributed by atoms with Crippen molar-refractivity contribution in [2.75, 3.05) is 0 Å². The van der Waals surface area contributed by atoms with E-state index in [0.29, 0.717) is 18.4 Å². The van der Waals surface area contributed by atoms with Gasteiger partial charge in [0.05, 0.1) is 16.7 Å². The smallest absolute Gasteiger partial charge is 0.331 e. The number of benzene rings is 1. The number of hydrogen-bond acceptors (Lipinski definition) is 7. The maximum atomic E-state index is 12.7. The maximum absolute atomic E-state index is 12.7. The molecule has 0 unspecified atom stereocenters. The molecule has 0 saturated heterocycles. The molecule has 1 amide bonds. The molecule has 11 heteroatoms. The van der Waals surface area contributed by atoms with E-state index in [1.165, 1.54) is 27.8 Å². The standard InChI is InChI=1S/C22H25N5O6/c1-2-18(28)26-17(13-7-6-10-15(11-13)27(32)33)12-16(24-26)19-20(29)23-22(31)25(21(19)30)14-8-4-3-5-9-14/h6-7,10-11,14,17,30H,2-5,8-9,12H2,1H3,(H,23,29,31)/t17-/m0/s1. The molecule has 1 aliphatic heterocycles. The van der Waals surface area contributed by atoms with Gasteiger partial charge in [-0.2, -0.15) is 5.10 Å². The fourth-order valence-electron chi connectivity index (χ4n) is 4.63. The van der Waals surface area contributed by atoms with E-state index in [2.05, 4.69) is 10.1 Å². The van der Waals surface area contributed by atoms with Gasteiger partial charge in [0.15, 0.2) is 0 Å². The third kappa shape index (κ3) is 4.18. The van der Waals surface area contributed by atoms with Gasteiger partial charge in [-0.05, 0) is 18.4 Å². The Bertz CT molecular complexity index is 1240. The zero-order valence-electron chi connectivity index (χ0n) is 18.2. The van der Waals surface area contributed by atoms with E-state index in [0.717, 1.165) is 19.3 Å². The second-order valence-corrected chi connectivity index (χ2v) is 8.33. The highest BCUT2D eigenvalue weighted by Gasteiger charge is 2.36. The van der Waals surface area contributed by atoms with Crippen LogP contribution in [0.4, 0.5) is 5.69 Å². The molecule has 0 radical (unpaired) electrons. The Labute approximate surface area is 188 Å². The molecular weight excluding hydrogens is 430 g/mol. The van der Waals surface area contributed by atoms with Crippen LogP contribution in [0.1, 0.15) is 75.1 Å². The SMILES string of the molecule is CCC(=O)N1N=C(c2c(O)n(C3CCCCC3)c(=O)[nH]c2=O)C[C@H]1c1cccc([N+](=O)[O-])c1. The van der Waals surface area contributed by atoms with Crippen molar-refractivity contribution in [1.82, 2.24) is 14.6 Å². The van der Waals surface area contributed by atoms with Crippen LogP contribution in [-0.4, -0.2) is 36.2 Å². The Hall–Kier alpha value is -3.76. The molecule has 33 heavy (non-hydrogen) atoms. The molecule has 1 aliphatic carbocycles. The van der Waals surface area contributed by atoms with Crippen LogP contribution in [0, 0.1) is 10.1 Å². The number of non-ortho nitro benzene ring substituents is 1. The van der Waals surface area contributed by atoms with Crippen LogP contribution in [0.15, 0.2) is 39.0 Å². The zero-order valence-corrected chi connectivity index (χ0v) is 18.2. The van der Waals surface area contributed by atoms with Crippen molar-refractivity contribution in [2.45, 2.75) is 64.0 Å². The highest BCUT2D eigenvalue weighted by molar-refractivity contribution is 6.04. The number of aromatic nitrogens is 2. The molecule has 1 fully saturated rings. The topological polar surface area (TPSA) is 151 Å². The number of H-pyrrole nitrogens is 1. The minimum absolute atomic E-state index is 0.0619. The van der Waals surface area contributed by atoms with Crippen LogP contribution >= 0.6 is 0 Å². The molecule has 4 rings (SSSR count). The number of amides is 1. The third-order valence-corrected chi connectivity index (χ3v) is 6.28. The second kappa shape index (κ2) is 9.00. The average Bonchev–Trinajstić information content (AvgIpc) is 3.24. The lowest BCUT2D eigenvalue weighted by Gasteiger charge is -2.25. The number of aromatic amines is 1. The first-order valence-electron chi connectivity index (χ1n) is 11.0. The molecule has 1 atom stereocenters. The molecule has 0 spiro atoms. The zero-order chi connectivity index (χ0) is 23.7. The van der Waals surface area contributed by atoms with Crippen molar-refractivity contribution in [1.29, 1.82) is 0 Å². The minimum atomic E-state index is -0.785. The Morgan fingerprint density at radius 1 is 1.27 bits per heavy atom. The van der Waals surface area contributed by atoms with Gasteiger partial charge in [-0.15, -0.1) is 0 Å². The number of nitrogens with one attached hydrogen (secondary N) is 1. The molecule has 2 aromatic rings. The predicted molar refractivity (Wildman–Crippen MR) is 119 cm³/mol. The summed E-state index contributed by atoms with van der Waals surface area (Å²) >= 11 is 0. The van der Waals surface area contributed by atoms with Gasteiger partial charge in [-0.25, -0.2) is 9.80 Å². The monoisotopic (exact) mass is 455 g/mol. The molecule has 1 saturated carbocycles. The Morgan fingerprint density at radius 3 is 2.67 bits per heavy atom. The van der Waals surface area contributed by atoms with E-state index < -0.39 is 28.1 Å². The summed E-state index contributed by atoms with van der Waals surface area (Å²) in [7, 11) is 0. The molecular formula is C22H25N5O6. The number of nitro groups is 1. The van der Waals surface area contributed by atoms with E-state index in [4.69, 9.17) is 0 Å². The normalized spacial score (nSPS) is 18.9. The van der Waals surface area contributed by atoms with Gasteiger partial charge in [-0.3, -0.25) is 29.3 Å². The summed E-state index contributed by atoms with van der Waals surface area (Å²) in [4.78, 5) is 50.8. The van der Waals surface area contributed by atoms with Crippen molar-refractivity contribution in [3.05, 3.63) is 66.3 Å². The molecule has 0 bridgehead atoms. The van der Waals surface area contributed by atoms with Crippen molar-refractivity contribution in [3.63, 3.8) is 0 Å². The number of nitro benzene ring substituents is 1. The first-order chi connectivity index (χ1) is 15.8. The molecule has 11 nitrogen and oxygen atoms in total. The number of rotatable bonds is 5. The summed E-state index contributed by atoms with van der Waals surface area (Å²) < 4.78 is 1.21. The van der Waals surface area contributed by atoms with Crippen LogP contribution < -0.4 is 11.2 Å². The molecule has 1 aromatic heterocycles. The molecule has 174 valence electrons. The average molecular weight is 455 g/mol. The highest BCUT2D eigenvalue weighted by Crippen LogP contribution is 2.36. The van der Waals surface area contributed by atoms with Gasteiger partial charge in [-0.1, -0.05) is 38.3 Å². The fraction of sp³-hybridized carbons (Fsp3) is 0.455. The predicted octanol–water partition coefficient (Wildman–Crippen LogP) is 2.74. The van der Waals surface area contributed by atoms with Crippen molar-refractivity contribution >= 4 is 17.3 Å². The summed E-state index contributed by atoms with van der Waals surface area (Å²) in [5, 5.41) is 27.7. The van der Waals surface area contributed by atoms with Gasteiger partial charge in [0.25, 0.3) is 11.2 Å². The van der Waals surface area contributed by atoms with Gasteiger partial charge in [0.1, 0.15) is 5.56 Å². The Kier molecular flexibility index (Phi) is 6.12. The van der Waals surface area contributed by atoms with E-state index in [1.54, 1.807) is 13.0 Å².